The number of benzene rings is 4. The Kier molecular flexibility index (Phi) is 4.11. The number of carbonyl (C=O) groups is 1. The van der Waals surface area contributed by atoms with E-state index < -0.39 is 0 Å². The van der Waals surface area contributed by atoms with E-state index in [9.17, 15) is 4.79 Å². The Balaban J connectivity index is 1.55. The minimum absolute atomic E-state index is 0.370. The van der Waals surface area contributed by atoms with Crippen LogP contribution < -0.4 is 4.74 Å². The molecule has 5 rings (SSSR count). The van der Waals surface area contributed by atoms with Crippen LogP contribution in [0, 0.1) is 0 Å². The first kappa shape index (κ1) is 16.7. The van der Waals surface area contributed by atoms with E-state index in [1.165, 1.54) is 0 Å². The van der Waals surface area contributed by atoms with E-state index in [1.807, 2.05) is 84.9 Å². The molecule has 4 heteroatoms. The lowest BCUT2D eigenvalue weighted by Gasteiger charge is -2.10. The maximum atomic E-state index is 12.9. The molecule has 28 heavy (non-hydrogen) atoms. The standard InChI is InChI=1S/C24H15NO2S/c26-24(18-12-7-9-16-8-1-2-10-17(16)18)27-21-14-5-3-11-19(21)23-25-20-13-4-6-15-22(20)28-23/h1-15H. The van der Waals surface area contributed by atoms with Crippen LogP contribution in [0.15, 0.2) is 91.0 Å². The van der Waals surface area contributed by atoms with Gasteiger partial charge in [-0.05, 0) is 41.1 Å². The first-order valence-electron chi connectivity index (χ1n) is 8.94. The van der Waals surface area contributed by atoms with Crippen LogP contribution in [0.3, 0.4) is 0 Å². The lowest BCUT2D eigenvalue weighted by molar-refractivity contribution is 0.0737. The molecule has 1 heterocycles. The van der Waals surface area contributed by atoms with Gasteiger partial charge in [-0.15, -0.1) is 11.3 Å². The number of nitrogens with zero attached hydrogens (tertiary/aromatic N) is 1. The molecule has 0 aliphatic rings. The monoisotopic (exact) mass is 381 g/mol. The van der Waals surface area contributed by atoms with Crippen molar-refractivity contribution in [2.24, 2.45) is 0 Å². The Labute approximate surface area is 165 Å². The second-order valence-electron chi connectivity index (χ2n) is 6.40. The highest BCUT2D eigenvalue weighted by Gasteiger charge is 2.16. The van der Waals surface area contributed by atoms with Crippen molar-refractivity contribution in [3.63, 3.8) is 0 Å². The van der Waals surface area contributed by atoms with Crippen molar-refractivity contribution in [1.82, 2.24) is 4.98 Å². The first-order chi connectivity index (χ1) is 13.8. The SMILES string of the molecule is O=C(Oc1ccccc1-c1nc2ccccc2s1)c1cccc2ccccc12. The molecule has 4 aromatic carbocycles. The van der Waals surface area contributed by atoms with Crippen molar-refractivity contribution >= 4 is 38.3 Å². The summed E-state index contributed by atoms with van der Waals surface area (Å²) in [6.07, 6.45) is 0. The number of ether oxygens (including phenoxy) is 1. The van der Waals surface area contributed by atoms with E-state index in [4.69, 9.17) is 9.72 Å². The van der Waals surface area contributed by atoms with Crippen molar-refractivity contribution in [2.45, 2.75) is 0 Å². The average Bonchev–Trinajstić information content (AvgIpc) is 3.18. The molecule has 0 aliphatic carbocycles. The Morgan fingerprint density at radius 2 is 1.54 bits per heavy atom. The zero-order valence-electron chi connectivity index (χ0n) is 14.8. The summed E-state index contributed by atoms with van der Waals surface area (Å²) in [7, 11) is 0. The third kappa shape index (κ3) is 2.94. The van der Waals surface area contributed by atoms with Gasteiger partial charge in [0.15, 0.2) is 0 Å². The molecule has 134 valence electrons. The largest absolute Gasteiger partial charge is 0.422 e. The smallest absolute Gasteiger partial charge is 0.344 e. The molecule has 0 saturated carbocycles. The number of thiazole rings is 1. The molecule has 0 amide bonds. The third-order valence-electron chi connectivity index (χ3n) is 4.62. The van der Waals surface area contributed by atoms with Crippen LogP contribution in [0.2, 0.25) is 0 Å². The molecule has 0 atom stereocenters. The van der Waals surface area contributed by atoms with E-state index in [0.29, 0.717) is 11.3 Å². The lowest BCUT2D eigenvalue weighted by Crippen LogP contribution is -2.09. The summed E-state index contributed by atoms with van der Waals surface area (Å²) < 4.78 is 6.92. The fourth-order valence-corrected chi connectivity index (χ4v) is 4.27. The van der Waals surface area contributed by atoms with Crippen LogP contribution in [0.1, 0.15) is 10.4 Å². The summed E-state index contributed by atoms with van der Waals surface area (Å²) in [6, 6.07) is 29.0. The van der Waals surface area contributed by atoms with Gasteiger partial charge in [0, 0.05) is 0 Å². The Morgan fingerprint density at radius 3 is 2.46 bits per heavy atom. The van der Waals surface area contributed by atoms with Gasteiger partial charge in [-0.1, -0.05) is 60.7 Å². The quantitative estimate of drug-likeness (QED) is 0.270. The van der Waals surface area contributed by atoms with Crippen LogP contribution in [0.5, 0.6) is 5.75 Å². The molecule has 0 N–H and O–H groups in total. The highest BCUT2D eigenvalue weighted by Crippen LogP contribution is 2.36. The van der Waals surface area contributed by atoms with Crippen molar-refractivity contribution in [3.8, 4) is 16.3 Å². The molecule has 3 nitrogen and oxygen atoms in total. The molecule has 0 fully saturated rings. The van der Waals surface area contributed by atoms with Gasteiger partial charge in [-0.25, -0.2) is 9.78 Å². The number of carbonyl (C=O) groups excluding carboxylic acids is 1. The van der Waals surface area contributed by atoms with Gasteiger partial charge < -0.3 is 4.74 Å². The summed E-state index contributed by atoms with van der Waals surface area (Å²) in [5, 5.41) is 2.73. The van der Waals surface area contributed by atoms with E-state index in [0.717, 1.165) is 31.6 Å². The van der Waals surface area contributed by atoms with Gasteiger partial charge in [0.2, 0.25) is 0 Å². The maximum Gasteiger partial charge on any atom is 0.344 e. The molecule has 0 radical (unpaired) electrons. The zero-order valence-corrected chi connectivity index (χ0v) is 15.6. The summed E-state index contributed by atoms with van der Waals surface area (Å²) in [5.74, 6) is 0.143. The molecule has 0 saturated heterocycles. The summed E-state index contributed by atoms with van der Waals surface area (Å²) in [6.45, 7) is 0. The van der Waals surface area contributed by atoms with Crippen molar-refractivity contribution in [1.29, 1.82) is 0 Å². The Hall–Kier alpha value is -3.50. The summed E-state index contributed by atoms with van der Waals surface area (Å²) in [5.41, 5.74) is 2.31. The number of rotatable bonds is 3. The fraction of sp³-hybridized carbons (Fsp3) is 0. The van der Waals surface area contributed by atoms with Gasteiger partial charge in [0.1, 0.15) is 10.8 Å². The van der Waals surface area contributed by atoms with Crippen LogP contribution >= 0.6 is 11.3 Å². The number of hydrogen-bond donors (Lipinski definition) is 0. The number of aromatic nitrogens is 1. The third-order valence-corrected chi connectivity index (χ3v) is 5.69. The molecular formula is C24H15NO2S. The normalized spacial score (nSPS) is 11.0. The highest BCUT2D eigenvalue weighted by molar-refractivity contribution is 7.21. The van der Waals surface area contributed by atoms with Crippen LogP contribution in [-0.2, 0) is 0 Å². The Morgan fingerprint density at radius 1 is 0.786 bits per heavy atom. The molecule has 5 aromatic rings. The zero-order chi connectivity index (χ0) is 18.9. The highest BCUT2D eigenvalue weighted by atomic mass is 32.1. The van der Waals surface area contributed by atoms with Gasteiger partial charge in [-0.2, -0.15) is 0 Å². The van der Waals surface area contributed by atoms with Crippen molar-refractivity contribution in [3.05, 3.63) is 96.6 Å². The van der Waals surface area contributed by atoms with Gasteiger partial charge >= 0.3 is 5.97 Å². The predicted molar refractivity (Wildman–Crippen MR) is 114 cm³/mol. The summed E-state index contributed by atoms with van der Waals surface area (Å²) in [4.78, 5) is 17.6. The van der Waals surface area contributed by atoms with Crippen molar-refractivity contribution in [2.75, 3.05) is 0 Å². The van der Waals surface area contributed by atoms with E-state index in [1.54, 1.807) is 17.4 Å². The summed E-state index contributed by atoms with van der Waals surface area (Å²) >= 11 is 1.59. The molecule has 1 aromatic heterocycles. The second-order valence-corrected chi connectivity index (χ2v) is 7.43. The molecular weight excluding hydrogens is 366 g/mol. The number of fused-ring (bicyclic) bond motifs is 2. The number of hydrogen-bond acceptors (Lipinski definition) is 4. The van der Waals surface area contributed by atoms with Crippen LogP contribution in [0.4, 0.5) is 0 Å². The Bertz CT molecular complexity index is 1280. The predicted octanol–water partition coefficient (Wildman–Crippen LogP) is 6.34. The number of para-hydroxylation sites is 2. The second kappa shape index (κ2) is 6.91. The lowest BCUT2D eigenvalue weighted by atomic mass is 10.0. The molecule has 0 spiro atoms. The van der Waals surface area contributed by atoms with E-state index in [2.05, 4.69) is 0 Å². The van der Waals surface area contributed by atoms with Crippen molar-refractivity contribution < 1.29 is 9.53 Å². The fourth-order valence-electron chi connectivity index (χ4n) is 3.28. The van der Waals surface area contributed by atoms with Gasteiger partial charge in [0.25, 0.3) is 0 Å². The maximum absolute atomic E-state index is 12.9. The van der Waals surface area contributed by atoms with Gasteiger partial charge in [-0.3, -0.25) is 0 Å². The van der Waals surface area contributed by atoms with E-state index in [-0.39, 0.29) is 5.97 Å². The minimum Gasteiger partial charge on any atom is -0.422 e. The topological polar surface area (TPSA) is 39.2 Å². The van der Waals surface area contributed by atoms with Gasteiger partial charge in [0.05, 0.1) is 21.3 Å². The van der Waals surface area contributed by atoms with Crippen LogP contribution in [0.25, 0.3) is 31.6 Å². The average molecular weight is 381 g/mol. The molecule has 0 unspecified atom stereocenters. The molecule has 0 aliphatic heterocycles. The molecule has 0 bridgehead atoms. The minimum atomic E-state index is -0.370. The first-order valence-corrected chi connectivity index (χ1v) is 9.76. The van der Waals surface area contributed by atoms with Crippen LogP contribution in [-0.4, -0.2) is 11.0 Å². The number of esters is 1. The van der Waals surface area contributed by atoms with E-state index >= 15 is 0 Å².